The second-order valence-electron chi connectivity index (χ2n) is 7.80. The van der Waals surface area contributed by atoms with Gasteiger partial charge in [-0.25, -0.2) is 22.7 Å². The summed E-state index contributed by atoms with van der Waals surface area (Å²) in [5.41, 5.74) is 1.17. The van der Waals surface area contributed by atoms with E-state index in [1.54, 1.807) is 19.2 Å². The van der Waals surface area contributed by atoms with Gasteiger partial charge >= 0.3 is 5.97 Å². The van der Waals surface area contributed by atoms with Crippen LogP contribution in [0.5, 0.6) is 5.75 Å². The quantitative estimate of drug-likeness (QED) is 0.501. The van der Waals surface area contributed by atoms with Crippen molar-refractivity contribution in [1.82, 2.24) is 18.9 Å². The van der Waals surface area contributed by atoms with Gasteiger partial charge in [0.05, 0.1) is 12.8 Å². The van der Waals surface area contributed by atoms with Gasteiger partial charge in [-0.2, -0.15) is 9.40 Å². The number of piperidine rings is 1. The van der Waals surface area contributed by atoms with Crippen LogP contribution in [0.25, 0.3) is 5.65 Å². The molecule has 0 bridgehead atoms. The lowest BCUT2D eigenvalue weighted by Crippen LogP contribution is -2.35. The molecular formula is C22H25N5O6S. The number of fused-ring (bicyclic) bond motifs is 1. The van der Waals surface area contributed by atoms with E-state index >= 15 is 0 Å². The van der Waals surface area contributed by atoms with E-state index in [2.05, 4.69) is 15.4 Å². The number of hydrogen-bond acceptors (Lipinski definition) is 8. The number of hydrogen-bond donors (Lipinski definition) is 1. The zero-order chi connectivity index (χ0) is 24.3. The van der Waals surface area contributed by atoms with E-state index in [0.717, 1.165) is 19.3 Å². The summed E-state index contributed by atoms with van der Waals surface area (Å²) in [6.45, 7) is 1.96. The first-order valence-corrected chi connectivity index (χ1v) is 12.2. The van der Waals surface area contributed by atoms with Crippen molar-refractivity contribution in [2.75, 3.05) is 32.1 Å². The Kier molecular flexibility index (Phi) is 6.80. The molecule has 4 rings (SSSR count). The molecule has 1 amide bonds. The summed E-state index contributed by atoms with van der Waals surface area (Å²) in [6, 6.07) is 6.03. The van der Waals surface area contributed by atoms with Gasteiger partial charge in [-0.05, 0) is 44.0 Å². The van der Waals surface area contributed by atoms with Crippen LogP contribution < -0.4 is 10.1 Å². The highest BCUT2D eigenvalue weighted by molar-refractivity contribution is 7.89. The molecular weight excluding hydrogens is 462 g/mol. The molecule has 2 aromatic heterocycles. The predicted octanol–water partition coefficient (Wildman–Crippen LogP) is 2.02. The fourth-order valence-corrected chi connectivity index (χ4v) is 5.53. The number of aromatic nitrogens is 3. The normalized spacial score (nSPS) is 14.6. The van der Waals surface area contributed by atoms with Crippen LogP contribution in [-0.4, -0.2) is 66.0 Å². The van der Waals surface area contributed by atoms with E-state index in [4.69, 9.17) is 9.47 Å². The second kappa shape index (κ2) is 9.77. The number of carbonyl (C=O) groups is 2. The van der Waals surface area contributed by atoms with E-state index in [1.165, 1.54) is 40.3 Å². The average molecular weight is 488 g/mol. The molecule has 34 heavy (non-hydrogen) atoms. The minimum atomic E-state index is -3.79. The number of nitrogens with zero attached hydrogens (tertiary/aromatic N) is 4. The maximum atomic E-state index is 13.1. The summed E-state index contributed by atoms with van der Waals surface area (Å²) in [4.78, 5) is 29.1. The third kappa shape index (κ3) is 4.73. The highest BCUT2D eigenvalue weighted by Gasteiger charge is 2.29. The number of amides is 1. The Hall–Kier alpha value is -3.51. The largest absolute Gasteiger partial charge is 0.495 e. The monoisotopic (exact) mass is 487 g/mol. The van der Waals surface area contributed by atoms with Crippen LogP contribution in [0.1, 0.15) is 35.3 Å². The molecule has 0 saturated carbocycles. The van der Waals surface area contributed by atoms with Crippen molar-refractivity contribution in [3.05, 3.63) is 47.9 Å². The highest BCUT2D eigenvalue weighted by atomic mass is 32.2. The maximum Gasteiger partial charge on any atom is 0.344 e. The molecule has 1 aliphatic rings. The van der Waals surface area contributed by atoms with E-state index in [0.29, 0.717) is 24.4 Å². The number of benzene rings is 1. The summed E-state index contributed by atoms with van der Waals surface area (Å²) >= 11 is 0. The van der Waals surface area contributed by atoms with Crippen molar-refractivity contribution in [2.45, 2.75) is 31.1 Å². The van der Waals surface area contributed by atoms with Gasteiger partial charge in [-0.3, -0.25) is 4.79 Å². The average Bonchev–Trinajstić information content (AvgIpc) is 3.18. The number of esters is 1. The SMILES string of the molecule is COc1ccc(NC(=O)COC(=O)c2c(C)nn3cccnc23)cc1S(=O)(=O)N1CCCCC1. The molecule has 1 saturated heterocycles. The number of sulfonamides is 1. The van der Waals surface area contributed by atoms with Gasteiger partial charge in [0.1, 0.15) is 16.2 Å². The van der Waals surface area contributed by atoms with Crippen molar-refractivity contribution in [3.8, 4) is 5.75 Å². The van der Waals surface area contributed by atoms with Crippen LogP contribution in [0, 0.1) is 6.92 Å². The van der Waals surface area contributed by atoms with Gasteiger partial charge in [0.15, 0.2) is 12.3 Å². The molecule has 3 aromatic rings. The van der Waals surface area contributed by atoms with Gasteiger partial charge in [0.2, 0.25) is 10.0 Å². The molecule has 1 N–H and O–H groups in total. The van der Waals surface area contributed by atoms with Gasteiger partial charge < -0.3 is 14.8 Å². The minimum Gasteiger partial charge on any atom is -0.495 e. The third-order valence-corrected chi connectivity index (χ3v) is 7.41. The van der Waals surface area contributed by atoms with Crippen LogP contribution in [0.2, 0.25) is 0 Å². The lowest BCUT2D eigenvalue weighted by atomic mass is 10.2. The summed E-state index contributed by atoms with van der Waals surface area (Å²) in [5.74, 6) is -1.17. The van der Waals surface area contributed by atoms with Crippen molar-refractivity contribution < 1.29 is 27.5 Å². The standard InChI is InChI=1S/C22H25N5O6S/c1-15-20(21-23-9-6-12-27(21)25-15)22(29)33-14-19(28)24-16-7-8-17(32-2)18(13-16)34(30,31)26-10-4-3-5-11-26/h6-9,12-13H,3-5,10-11,14H2,1-2H3,(H,24,28). The van der Waals surface area contributed by atoms with Crippen LogP contribution in [-0.2, 0) is 19.6 Å². The van der Waals surface area contributed by atoms with E-state index in [-0.39, 0.29) is 21.9 Å². The zero-order valence-corrected chi connectivity index (χ0v) is 19.7. The van der Waals surface area contributed by atoms with E-state index < -0.39 is 28.5 Å². The maximum absolute atomic E-state index is 13.1. The Morgan fingerprint density at radius 2 is 1.94 bits per heavy atom. The molecule has 11 nitrogen and oxygen atoms in total. The Balaban J connectivity index is 1.46. The van der Waals surface area contributed by atoms with Gasteiger partial charge in [-0.1, -0.05) is 6.42 Å². The van der Waals surface area contributed by atoms with E-state index in [9.17, 15) is 18.0 Å². The number of carbonyl (C=O) groups excluding carboxylic acids is 2. The molecule has 0 unspecified atom stereocenters. The third-order valence-electron chi connectivity index (χ3n) is 5.49. The zero-order valence-electron chi connectivity index (χ0n) is 18.9. The first-order valence-electron chi connectivity index (χ1n) is 10.8. The van der Waals surface area contributed by atoms with Crippen LogP contribution >= 0.6 is 0 Å². The predicted molar refractivity (Wildman–Crippen MR) is 122 cm³/mol. The summed E-state index contributed by atoms with van der Waals surface area (Å²) < 4.78 is 39.6. The van der Waals surface area contributed by atoms with Crippen LogP contribution in [0.3, 0.4) is 0 Å². The Morgan fingerprint density at radius 1 is 1.18 bits per heavy atom. The number of methoxy groups -OCH3 is 1. The smallest absolute Gasteiger partial charge is 0.344 e. The Bertz CT molecular complexity index is 1330. The van der Waals surface area contributed by atoms with Gasteiger partial charge in [-0.15, -0.1) is 0 Å². The fraction of sp³-hybridized carbons (Fsp3) is 0.364. The van der Waals surface area contributed by atoms with Crippen LogP contribution in [0.4, 0.5) is 5.69 Å². The Morgan fingerprint density at radius 3 is 2.68 bits per heavy atom. The molecule has 1 fully saturated rings. The summed E-state index contributed by atoms with van der Waals surface area (Å²) in [7, 11) is -2.40. The van der Waals surface area contributed by atoms with E-state index in [1.807, 2.05) is 0 Å². The first kappa shape index (κ1) is 23.6. The molecule has 0 aliphatic carbocycles. The molecule has 0 spiro atoms. The van der Waals surface area contributed by atoms with Gasteiger partial charge in [0, 0.05) is 31.2 Å². The molecule has 180 valence electrons. The Labute approximate surface area is 196 Å². The molecule has 12 heteroatoms. The number of anilines is 1. The summed E-state index contributed by atoms with van der Waals surface area (Å²) in [6.07, 6.45) is 5.76. The number of aryl methyl sites for hydroxylation is 1. The van der Waals surface area contributed by atoms with Gasteiger partial charge in [0.25, 0.3) is 5.91 Å². The highest BCUT2D eigenvalue weighted by Crippen LogP contribution is 2.31. The topological polar surface area (TPSA) is 132 Å². The lowest BCUT2D eigenvalue weighted by molar-refractivity contribution is -0.119. The molecule has 1 aromatic carbocycles. The van der Waals surface area contributed by atoms with Crippen molar-refractivity contribution >= 4 is 33.2 Å². The molecule has 0 atom stereocenters. The van der Waals surface area contributed by atoms with Crippen molar-refractivity contribution in [3.63, 3.8) is 0 Å². The van der Waals surface area contributed by atoms with Crippen molar-refractivity contribution in [2.24, 2.45) is 0 Å². The fourth-order valence-electron chi connectivity index (χ4n) is 3.84. The number of nitrogens with one attached hydrogen (secondary N) is 1. The number of ether oxygens (including phenoxy) is 2. The first-order chi connectivity index (χ1) is 16.3. The summed E-state index contributed by atoms with van der Waals surface area (Å²) in [5, 5.41) is 6.77. The number of rotatable bonds is 7. The molecule has 3 heterocycles. The van der Waals surface area contributed by atoms with Crippen molar-refractivity contribution in [1.29, 1.82) is 0 Å². The van der Waals surface area contributed by atoms with Crippen LogP contribution in [0.15, 0.2) is 41.6 Å². The molecule has 0 radical (unpaired) electrons. The minimum absolute atomic E-state index is 0.0280. The molecule has 1 aliphatic heterocycles. The lowest BCUT2D eigenvalue weighted by Gasteiger charge is -2.26. The second-order valence-corrected chi connectivity index (χ2v) is 9.71.